The molecule has 1 amide bonds. The van der Waals surface area contributed by atoms with Gasteiger partial charge in [0.15, 0.2) is 0 Å². The Kier molecular flexibility index (Phi) is 9.14. The highest BCUT2D eigenvalue weighted by Gasteiger charge is 2.01. The van der Waals surface area contributed by atoms with E-state index in [9.17, 15) is 4.79 Å². The van der Waals surface area contributed by atoms with Gasteiger partial charge in [0.25, 0.3) is 0 Å². The maximum absolute atomic E-state index is 11.6. The van der Waals surface area contributed by atoms with Gasteiger partial charge in [-0.05, 0) is 37.0 Å². The van der Waals surface area contributed by atoms with Crippen molar-refractivity contribution in [1.82, 2.24) is 5.32 Å². The van der Waals surface area contributed by atoms with Crippen molar-refractivity contribution in [2.45, 2.75) is 58.3 Å². The Morgan fingerprint density at radius 1 is 1.05 bits per heavy atom. The van der Waals surface area contributed by atoms with Gasteiger partial charge in [-0.25, -0.2) is 0 Å². The first kappa shape index (κ1) is 17.0. The Morgan fingerprint density at radius 2 is 1.75 bits per heavy atom. The van der Waals surface area contributed by atoms with Gasteiger partial charge in [-0.3, -0.25) is 4.79 Å². The van der Waals surface area contributed by atoms with Crippen LogP contribution in [0.15, 0.2) is 24.3 Å². The topological polar surface area (TPSA) is 29.1 Å². The fourth-order valence-corrected chi connectivity index (χ4v) is 2.27. The van der Waals surface area contributed by atoms with Crippen LogP contribution in [0.4, 0.5) is 0 Å². The van der Waals surface area contributed by atoms with Crippen molar-refractivity contribution in [1.29, 1.82) is 0 Å². The molecular weight excluding hydrogens is 270 g/mol. The van der Waals surface area contributed by atoms with Crippen molar-refractivity contribution in [2.24, 2.45) is 0 Å². The number of carbonyl (C=O) groups excluding carboxylic acids is 1. The third-order valence-electron chi connectivity index (χ3n) is 3.39. The van der Waals surface area contributed by atoms with E-state index in [1.807, 2.05) is 24.3 Å². The van der Waals surface area contributed by atoms with Crippen LogP contribution in [0.5, 0.6) is 0 Å². The minimum absolute atomic E-state index is 0.175. The number of aryl methyl sites for hydroxylation is 1. The average Bonchev–Trinajstić information content (AvgIpc) is 2.45. The van der Waals surface area contributed by atoms with E-state index in [1.54, 1.807) is 0 Å². The SMILES string of the molecule is CCCCCCCNC(=O)CCCc1ccc(Cl)cc1. The minimum Gasteiger partial charge on any atom is -0.356 e. The number of unbranched alkanes of at least 4 members (excludes halogenated alkanes) is 4. The number of halogens is 1. The van der Waals surface area contributed by atoms with Crippen LogP contribution >= 0.6 is 11.6 Å². The van der Waals surface area contributed by atoms with Gasteiger partial charge in [0.05, 0.1) is 0 Å². The summed E-state index contributed by atoms with van der Waals surface area (Å²) in [5, 5.41) is 3.75. The molecule has 0 aliphatic heterocycles. The largest absolute Gasteiger partial charge is 0.356 e. The molecule has 0 aromatic heterocycles. The van der Waals surface area contributed by atoms with Crippen LogP contribution < -0.4 is 5.32 Å². The van der Waals surface area contributed by atoms with Gasteiger partial charge in [-0.1, -0.05) is 56.3 Å². The fraction of sp³-hybridized carbons (Fsp3) is 0.588. The lowest BCUT2D eigenvalue weighted by Crippen LogP contribution is -2.24. The maximum Gasteiger partial charge on any atom is 0.220 e. The number of hydrogen-bond donors (Lipinski definition) is 1. The van der Waals surface area contributed by atoms with Crippen LogP contribution in [0, 0.1) is 0 Å². The number of nitrogens with one attached hydrogen (secondary N) is 1. The standard InChI is InChI=1S/C17H26ClNO/c1-2-3-4-5-6-14-19-17(20)9-7-8-15-10-12-16(18)13-11-15/h10-13H,2-9,14H2,1H3,(H,19,20). The first-order chi connectivity index (χ1) is 9.72. The number of carbonyl (C=O) groups is 1. The van der Waals surface area contributed by atoms with Crippen LogP contribution in [0.25, 0.3) is 0 Å². The van der Waals surface area contributed by atoms with E-state index in [-0.39, 0.29) is 5.91 Å². The molecule has 0 aliphatic carbocycles. The fourth-order valence-electron chi connectivity index (χ4n) is 2.15. The van der Waals surface area contributed by atoms with Crippen molar-refractivity contribution in [3.05, 3.63) is 34.9 Å². The van der Waals surface area contributed by atoms with Gasteiger partial charge < -0.3 is 5.32 Å². The van der Waals surface area contributed by atoms with Crippen molar-refractivity contribution in [2.75, 3.05) is 6.54 Å². The van der Waals surface area contributed by atoms with E-state index in [4.69, 9.17) is 11.6 Å². The summed E-state index contributed by atoms with van der Waals surface area (Å²) < 4.78 is 0. The van der Waals surface area contributed by atoms with Crippen molar-refractivity contribution in [3.63, 3.8) is 0 Å². The Balaban J connectivity index is 2.01. The number of rotatable bonds is 10. The quantitative estimate of drug-likeness (QED) is 0.620. The van der Waals surface area contributed by atoms with E-state index in [2.05, 4.69) is 12.2 Å². The second-order valence-corrected chi connectivity index (χ2v) is 5.68. The number of benzene rings is 1. The summed E-state index contributed by atoms with van der Waals surface area (Å²) in [6.07, 6.45) is 8.60. The first-order valence-corrected chi connectivity index (χ1v) is 8.11. The Labute approximate surface area is 127 Å². The first-order valence-electron chi connectivity index (χ1n) is 7.73. The van der Waals surface area contributed by atoms with E-state index >= 15 is 0 Å². The number of amides is 1. The summed E-state index contributed by atoms with van der Waals surface area (Å²) in [5.74, 6) is 0.175. The monoisotopic (exact) mass is 295 g/mol. The number of hydrogen-bond acceptors (Lipinski definition) is 1. The molecular formula is C17H26ClNO. The molecule has 112 valence electrons. The van der Waals surface area contributed by atoms with E-state index in [1.165, 1.54) is 31.2 Å². The summed E-state index contributed by atoms with van der Waals surface area (Å²) in [7, 11) is 0. The zero-order valence-electron chi connectivity index (χ0n) is 12.5. The zero-order chi connectivity index (χ0) is 14.6. The molecule has 0 atom stereocenters. The molecule has 0 saturated carbocycles. The molecule has 0 unspecified atom stereocenters. The smallest absolute Gasteiger partial charge is 0.220 e. The average molecular weight is 296 g/mol. The maximum atomic E-state index is 11.6. The second kappa shape index (κ2) is 10.7. The summed E-state index contributed by atoms with van der Waals surface area (Å²) in [6.45, 7) is 3.03. The second-order valence-electron chi connectivity index (χ2n) is 5.24. The molecule has 0 saturated heterocycles. The van der Waals surface area contributed by atoms with E-state index < -0.39 is 0 Å². The third kappa shape index (κ3) is 8.21. The van der Waals surface area contributed by atoms with Crippen molar-refractivity contribution < 1.29 is 4.79 Å². The molecule has 1 N–H and O–H groups in total. The summed E-state index contributed by atoms with van der Waals surface area (Å²) in [6, 6.07) is 7.84. The Morgan fingerprint density at radius 3 is 2.45 bits per heavy atom. The van der Waals surface area contributed by atoms with Gasteiger partial charge in [0.1, 0.15) is 0 Å². The molecule has 1 aromatic rings. The molecule has 0 spiro atoms. The lowest BCUT2D eigenvalue weighted by atomic mass is 10.1. The zero-order valence-corrected chi connectivity index (χ0v) is 13.2. The molecule has 0 heterocycles. The molecule has 1 rings (SSSR count). The summed E-state index contributed by atoms with van der Waals surface area (Å²) in [5.41, 5.74) is 1.24. The van der Waals surface area contributed by atoms with Gasteiger partial charge in [0.2, 0.25) is 5.91 Å². The van der Waals surface area contributed by atoms with Gasteiger partial charge in [0, 0.05) is 18.0 Å². The predicted octanol–water partition coefficient (Wildman–Crippen LogP) is 4.75. The molecule has 0 fully saturated rings. The van der Waals surface area contributed by atoms with E-state index in [0.29, 0.717) is 6.42 Å². The highest BCUT2D eigenvalue weighted by molar-refractivity contribution is 6.30. The highest BCUT2D eigenvalue weighted by Crippen LogP contribution is 2.11. The Bertz CT molecular complexity index is 375. The van der Waals surface area contributed by atoms with Gasteiger partial charge >= 0.3 is 0 Å². The molecule has 1 aromatic carbocycles. The molecule has 3 heteroatoms. The third-order valence-corrected chi connectivity index (χ3v) is 3.64. The lowest BCUT2D eigenvalue weighted by molar-refractivity contribution is -0.121. The highest BCUT2D eigenvalue weighted by atomic mass is 35.5. The predicted molar refractivity (Wildman–Crippen MR) is 86.2 cm³/mol. The van der Waals surface area contributed by atoms with Crippen LogP contribution in [-0.4, -0.2) is 12.5 Å². The summed E-state index contributed by atoms with van der Waals surface area (Å²) in [4.78, 5) is 11.6. The van der Waals surface area contributed by atoms with Gasteiger partial charge in [-0.2, -0.15) is 0 Å². The molecule has 0 aliphatic rings. The molecule has 20 heavy (non-hydrogen) atoms. The van der Waals surface area contributed by atoms with E-state index in [0.717, 1.165) is 30.8 Å². The Hall–Kier alpha value is -1.02. The van der Waals surface area contributed by atoms with Crippen LogP contribution in [0.2, 0.25) is 5.02 Å². The summed E-state index contributed by atoms with van der Waals surface area (Å²) >= 11 is 5.83. The van der Waals surface area contributed by atoms with Crippen molar-refractivity contribution in [3.8, 4) is 0 Å². The van der Waals surface area contributed by atoms with Crippen molar-refractivity contribution >= 4 is 17.5 Å². The van der Waals surface area contributed by atoms with Gasteiger partial charge in [-0.15, -0.1) is 0 Å². The lowest BCUT2D eigenvalue weighted by Gasteiger charge is -2.05. The molecule has 0 bridgehead atoms. The van der Waals surface area contributed by atoms with Crippen LogP contribution in [-0.2, 0) is 11.2 Å². The molecule has 0 radical (unpaired) electrons. The van der Waals surface area contributed by atoms with Crippen LogP contribution in [0.1, 0.15) is 57.4 Å². The molecule has 2 nitrogen and oxygen atoms in total. The minimum atomic E-state index is 0.175. The normalized spacial score (nSPS) is 10.5. The van der Waals surface area contributed by atoms with Crippen LogP contribution in [0.3, 0.4) is 0 Å².